The lowest BCUT2D eigenvalue weighted by Crippen LogP contribution is -2.32. The fourth-order valence-corrected chi connectivity index (χ4v) is 2.02. The average Bonchev–Trinajstić information content (AvgIpc) is 2.43. The summed E-state index contributed by atoms with van der Waals surface area (Å²) < 4.78 is 10.5. The maximum Gasteiger partial charge on any atom is 0.262 e. The highest BCUT2D eigenvalue weighted by atomic mass is 16.5. The van der Waals surface area contributed by atoms with Gasteiger partial charge in [0, 0.05) is 19.7 Å². The molecule has 0 aliphatic carbocycles. The van der Waals surface area contributed by atoms with Gasteiger partial charge >= 0.3 is 0 Å². The van der Waals surface area contributed by atoms with Crippen molar-refractivity contribution in [1.29, 1.82) is 0 Å². The Morgan fingerprint density at radius 2 is 2.37 bits per heavy atom. The Bertz CT molecular complexity index is 448. The highest BCUT2D eigenvalue weighted by Gasteiger charge is 2.16. The van der Waals surface area contributed by atoms with Crippen LogP contribution >= 0.6 is 0 Å². The molecule has 1 aromatic carbocycles. The van der Waals surface area contributed by atoms with E-state index in [4.69, 9.17) is 9.47 Å². The molecule has 5 nitrogen and oxygen atoms in total. The number of methoxy groups -OCH3 is 1. The van der Waals surface area contributed by atoms with Crippen LogP contribution in [0.25, 0.3) is 0 Å². The monoisotopic (exact) mass is 264 g/mol. The van der Waals surface area contributed by atoms with Gasteiger partial charge in [0.05, 0.1) is 12.3 Å². The lowest BCUT2D eigenvalue weighted by molar-refractivity contribution is -0.118. The van der Waals surface area contributed by atoms with Gasteiger partial charge < -0.3 is 20.1 Å². The molecule has 1 unspecified atom stereocenters. The molecule has 19 heavy (non-hydrogen) atoms. The minimum Gasteiger partial charge on any atom is -0.482 e. The summed E-state index contributed by atoms with van der Waals surface area (Å²) >= 11 is 0. The molecule has 0 aromatic heterocycles. The standard InChI is InChI=1S/C14H20N2O3/c1-3-11(8-18-2)15-7-10-4-5-13-12(6-10)16-14(17)9-19-13/h4-6,11,15H,3,7-9H2,1-2H3,(H,16,17). The summed E-state index contributed by atoms with van der Waals surface area (Å²) in [4.78, 5) is 11.3. The van der Waals surface area contributed by atoms with E-state index in [1.807, 2.05) is 18.2 Å². The number of amides is 1. The Morgan fingerprint density at radius 1 is 1.53 bits per heavy atom. The number of ether oxygens (including phenoxy) is 2. The van der Waals surface area contributed by atoms with E-state index in [0.29, 0.717) is 12.6 Å². The van der Waals surface area contributed by atoms with Crippen molar-refractivity contribution in [3.05, 3.63) is 23.8 Å². The molecule has 0 radical (unpaired) electrons. The number of benzene rings is 1. The molecule has 104 valence electrons. The maximum atomic E-state index is 11.3. The van der Waals surface area contributed by atoms with Crippen LogP contribution in [0.3, 0.4) is 0 Å². The van der Waals surface area contributed by atoms with E-state index in [1.54, 1.807) is 7.11 Å². The lowest BCUT2D eigenvalue weighted by atomic mass is 10.1. The predicted molar refractivity (Wildman–Crippen MR) is 73.4 cm³/mol. The van der Waals surface area contributed by atoms with Crippen LogP contribution in [0.15, 0.2) is 18.2 Å². The lowest BCUT2D eigenvalue weighted by Gasteiger charge is -2.20. The van der Waals surface area contributed by atoms with Gasteiger partial charge in [-0.2, -0.15) is 0 Å². The highest BCUT2D eigenvalue weighted by Crippen LogP contribution is 2.28. The van der Waals surface area contributed by atoms with Crippen LogP contribution < -0.4 is 15.4 Å². The zero-order valence-corrected chi connectivity index (χ0v) is 11.4. The molecule has 0 spiro atoms. The van der Waals surface area contributed by atoms with Gasteiger partial charge in [0.2, 0.25) is 0 Å². The van der Waals surface area contributed by atoms with E-state index in [1.165, 1.54) is 0 Å². The summed E-state index contributed by atoms with van der Waals surface area (Å²) in [5.41, 5.74) is 1.86. The maximum absolute atomic E-state index is 11.3. The molecule has 1 aliphatic heterocycles. The molecular weight excluding hydrogens is 244 g/mol. The largest absolute Gasteiger partial charge is 0.482 e. The Hall–Kier alpha value is -1.59. The molecule has 1 aromatic rings. The first-order chi connectivity index (χ1) is 9.22. The number of hydrogen-bond acceptors (Lipinski definition) is 4. The summed E-state index contributed by atoms with van der Waals surface area (Å²) in [6, 6.07) is 6.18. The molecule has 0 saturated heterocycles. The fourth-order valence-electron chi connectivity index (χ4n) is 2.02. The summed E-state index contributed by atoms with van der Waals surface area (Å²) in [7, 11) is 1.70. The van der Waals surface area contributed by atoms with Crippen LogP contribution in [0.2, 0.25) is 0 Å². The molecule has 2 N–H and O–H groups in total. The Morgan fingerprint density at radius 3 is 3.11 bits per heavy atom. The van der Waals surface area contributed by atoms with E-state index >= 15 is 0 Å². The van der Waals surface area contributed by atoms with Gasteiger partial charge in [-0.1, -0.05) is 13.0 Å². The number of nitrogens with one attached hydrogen (secondary N) is 2. The molecule has 0 bridgehead atoms. The Labute approximate surface area is 113 Å². The quantitative estimate of drug-likeness (QED) is 0.818. The third kappa shape index (κ3) is 3.68. The number of anilines is 1. The van der Waals surface area contributed by atoms with Crippen molar-refractivity contribution in [3.63, 3.8) is 0 Å². The molecule has 1 heterocycles. The predicted octanol–water partition coefficient (Wildman–Crippen LogP) is 1.53. The van der Waals surface area contributed by atoms with Gasteiger partial charge in [-0.15, -0.1) is 0 Å². The third-order valence-electron chi connectivity index (χ3n) is 3.13. The van der Waals surface area contributed by atoms with Gasteiger partial charge in [0.15, 0.2) is 6.61 Å². The summed E-state index contributed by atoms with van der Waals surface area (Å²) in [5.74, 6) is 0.621. The topological polar surface area (TPSA) is 59.6 Å². The van der Waals surface area contributed by atoms with Gasteiger partial charge in [-0.3, -0.25) is 4.79 Å². The molecule has 1 amide bonds. The summed E-state index contributed by atoms with van der Waals surface area (Å²) in [6.07, 6.45) is 1.01. The van der Waals surface area contributed by atoms with Crippen LogP contribution in [0.1, 0.15) is 18.9 Å². The fraction of sp³-hybridized carbons (Fsp3) is 0.500. The zero-order chi connectivity index (χ0) is 13.7. The molecule has 1 atom stereocenters. The van der Waals surface area contributed by atoms with Crippen molar-refractivity contribution in [2.24, 2.45) is 0 Å². The molecule has 5 heteroatoms. The molecular formula is C14H20N2O3. The zero-order valence-electron chi connectivity index (χ0n) is 11.4. The first-order valence-corrected chi connectivity index (χ1v) is 6.50. The summed E-state index contributed by atoms with van der Waals surface area (Å²) in [5, 5.41) is 6.24. The van der Waals surface area contributed by atoms with Crippen LogP contribution in [0.4, 0.5) is 5.69 Å². The van der Waals surface area contributed by atoms with Crippen LogP contribution in [0, 0.1) is 0 Å². The minimum atomic E-state index is -0.108. The molecule has 2 rings (SSSR count). The van der Waals surface area contributed by atoms with Crippen LogP contribution in [-0.4, -0.2) is 32.3 Å². The van der Waals surface area contributed by atoms with Crippen molar-refractivity contribution >= 4 is 11.6 Å². The minimum absolute atomic E-state index is 0.0936. The van der Waals surface area contributed by atoms with E-state index < -0.39 is 0 Å². The van der Waals surface area contributed by atoms with Crippen LogP contribution in [-0.2, 0) is 16.1 Å². The number of carbonyl (C=O) groups is 1. The second kappa shape index (κ2) is 6.54. The van der Waals surface area contributed by atoms with E-state index in [9.17, 15) is 4.79 Å². The summed E-state index contributed by atoms with van der Waals surface area (Å²) in [6.45, 7) is 3.65. The van der Waals surface area contributed by atoms with Crippen molar-refractivity contribution in [3.8, 4) is 5.75 Å². The van der Waals surface area contributed by atoms with Crippen LogP contribution in [0.5, 0.6) is 5.75 Å². The number of fused-ring (bicyclic) bond motifs is 1. The smallest absolute Gasteiger partial charge is 0.262 e. The SMILES string of the molecule is CCC(COC)NCc1ccc2c(c1)NC(=O)CO2. The van der Waals surface area contributed by atoms with E-state index in [-0.39, 0.29) is 12.5 Å². The number of rotatable bonds is 6. The Kier molecular flexibility index (Phi) is 4.76. The van der Waals surface area contributed by atoms with Gasteiger partial charge in [-0.25, -0.2) is 0 Å². The number of hydrogen-bond donors (Lipinski definition) is 2. The first kappa shape index (κ1) is 13.8. The van der Waals surface area contributed by atoms with Crippen molar-refractivity contribution < 1.29 is 14.3 Å². The first-order valence-electron chi connectivity index (χ1n) is 6.50. The second-order valence-electron chi connectivity index (χ2n) is 4.61. The molecule has 0 saturated carbocycles. The van der Waals surface area contributed by atoms with Crippen molar-refractivity contribution in [1.82, 2.24) is 5.32 Å². The van der Waals surface area contributed by atoms with Gasteiger partial charge in [-0.05, 0) is 24.1 Å². The molecule has 1 aliphatic rings. The van der Waals surface area contributed by atoms with Crippen molar-refractivity contribution in [2.45, 2.75) is 25.9 Å². The van der Waals surface area contributed by atoms with E-state index in [0.717, 1.165) is 30.0 Å². The second-order valence-corrected chi connectivity index (χ2v) is 4.61. The van der Waals surface area contributed by atoms with Crippen molar-refractivity contribution in [2.75, 3.05) is 25.6 Å². The molecule has 0 fully saturated rings. The van der Waals surface area contributed by atoms with Gasteiger partial charge in [0.25, 0.3) is 5.91 Å². The average molecular weight is 264 g/mol. The van der Waals surface area contributed by atoms with Gasteiger partial charge in [0.1, 0.15) is 5.75 Å². The highest BCUT2D eigenvalue weighted by molar-refractivity contribution is 5.95. The normalized spacial score (nSPS) is 15.4. The Balaban J connectivity index is 1.98. The third-order valence-corrected chi connectivity index (χ3v) is 3.13. The van der Waals surface area contributed by atoms with E-state index in [2.05, 4.69) is 17.6 Å². The number of carbonyl (C=O) groups excluding carboxylic acids is 1.